The lowest BCUT2D eigenvalue weighted by Gasteiger charge is -1.94. The fourth-order valence-corrected chi connectivity index (χ4v) is 1.21. The first-order chi connectivity index (χ1) is 5.42. The van der Waals surface area contributed by atoms with E-state index in [1.54, 1.807) is 4.90 Å². The minimum Gasteiger partial charge on any atom is -0.299 e. The van der Waals surface area contributed by atoms with Crippen molar-refractivity contribution >= 4 is 0 Å². The molecule has 1 aromatic carbocycles. The minimum absolute atomic E-state index is 0.362. The topological polar surface area (TPSA) is 26.8 Å². The molecule has 2 nitrogen and oxygen atoms in total. The Morgan fingerprint density at radius 2 is 2.09 bits per heavy atom. The Kier molecular flexibility index (Phi) is 1.29. The molecule has 1 saturated heterocycles. The molecule has 1 aromatic rings. The summed E-state index contributed by atoms with van der Waals surface area (Å²) in [6, 6.07) is 10.5. The predicted molar refractivity (Wildman–Crippen MR) is 41.5 cm³/mol. The maximum Gasteiger partial charge on any atom is 0.180 e. The van der Waals surface area contributed by atoms with Crippen molar-refractivity contribution in [1.82, 2.24) is 4.90 Å². The van der Waals surface area contributed by atoms with E-state index < -0.39 is 0 Å². The molecule has 0 aromatic heterocycles. The van der Waals surface area contributed by atoms with Crippen molar-refractivity contribution in [3.63, 3.8) is 0 Å². The summed E-state index contributed by atoms with van der Waals surface area (Å²) in [5.41, 5.74) is 1.24. The molecular formula is C9H8N2. The summed E-state index contributed by atoms with van der Waals surface area (Å²) in [5.74, 6) is 0. The lowest BCUT2D eigenvalue weighted by Crippen LogP contribution is -1.85. The zero-order valence-electron chi connectivity index (χ0n) is 6.07. The molecule has 2 rings (SSSR count). The van der Waals surface area contributed by atoms with Crippen LogP contribution in [0.3, 0.4) is 0 Å². The molecule has 0 aliphatic carbocycles. The first-order valence-electron chi connectivity index (χ1n) is 3.63. The van der Waals surface area contributed by atoms with Crippen LogP contribution in [0.4, 0.5) is 0 Å². The smallest absolute Gasteiger partial charge is 0.180 e. The highest BCUT2D eigenvalue weighted by molar-refractivity contribution is 5.25. The van der Waals surface area contributed by atoms with Gasteiger partial charge in [0.25, 0.3) is 0 Å². The fourth-order valence-electron chi connectivity index (χ4n) is 1.21. The molecule has 1 unspecified atom stereocenters. The van der Waals surface area contributed by atoms with Crippen molar-refractivity contribution in [2.75, 3.05) is 6.54 Å². The number of rotatable bonds is 1. The maximum atomic E-state index is 8.51. The third-order valence-corrected chi connectivity index (χ3v) is 1.93. The predicted octanol–water partition coefficient (Wildman–Crippen LogP) is 1.52. The van der Waals surface area contributed by atoms with Gasteiger partial charge in [0.05, 0.1) is 12.6 Å². The van der Waals surface area contributed by atoms with E-state index in [9.17, 15) is 0 Å². The molecule has 1 heterocycles. The summed E-state index contributed by atoms with van der Waals surface area (Å²) >= 11 is 0. The van der Waals surface area contributed by atoms with Crippen LogP contribution in [-0.2, 0) is 0 Å². The second-order valence-electron chi connectivity index (χ2n) is 2.68. The second-order valence-corrected chi connectivity index (χ2v) is 2.68. The summed E-state index contributed by atoms with van der Waals surface area (Å²) in [7, 11) is 0. The largest absolute Gasteiger partial charge is 0.299 e. The summed E-state index contributed by atoms with van der Waals surface area (Å²) in [4.78, 5) is 1.76. The van der Waals surface area contributed by atoms with E-state index in [-0.39, 0.29) is 0 Å². The van der Waals surface area contributed by atoms with Gasteiger partial charge in [-0.3, -0.25) is 4.90 Å². The van der Waals surface area contributed by atoms with Crippen LogP contribution in [0.15, 0.2) is 30.3 Å². The molecule has 11 heavy (non-hydrogen) atoms. The van der Waals surface area contributed by atoms with Crippen LogP contribution < -0.4 is 0 Å². The molecule has 1 fully saturated rings. The number of hydrogen-bond acceptors (Lipinski definition) is 2. The normalized spacial score (nSPS) is 21.0. The monoisotopic (exact) mass is 144 g/mol. The van der Waals surface area contributed by atoms with Gasteiger partial charge < -0.3 is 0 Å². The Bertz CT molecular complexity index is 286. The average molecular weight is 144 g/mol. The Hall–Kier alpha value is -1.49. The minimum atomic E-state index is 0.362. The zero-order valence-corrected chi connectivity index (χ0v) is 6.07. The van der Waals surface area contributed by atoms with Crippen LogP contribution in [0, 0.1) is 11.5 Å². The number of nitriles is 1. The standard InChI is InChI=1S/C9H8N2/c10-7-11-6-9(11)8-4-2-1-3-5-8/h1-5,9H,6H2. The van der Waals surface area contributed by atoms with E-state index in [4.69, 9.17) is 5.26 Å². The summed E-state index contributed by atoms with van der Waals surface area (Å²) in [6.45, 7) is 0.889. The van der Waals surface area contributed by atoms with E-state index in [0.717, 1.165) is 6.54 Å². The Morgan fingerprint density at radius 1 is 1.36 bits per heavy atom. The first-order valence-corrected chi connectivity index (χ1v) is 3.63. The van der Waals surface area contributed by atoms with Crippen molar-refractivity contribution in [2.45, 2.75) is 6.04 Å². The quantitative estimate of drug-likeness (QED) is 0.441. The summed E-state index contributed by atoms with van der Waals surface area (Å²) in [6.07, 6.45) is 2.12. The maximum absolute atomic E-state index is 8.51. The lowest BCUT2D eigenvalue weighted by molar-refractivity contribution is 0.716. The molecule has 0 amide bonds. The molecule has 2 heteroatoms. The van der Waals surface area contributed by atoms with Gasteiger partial charge in [-0.15, -0.1) is 0 Å². The first kappa shape index (κ1) is 6.23. The molecule has 0 spiro atoms. The van der Waals surface area contributed by atoms with Gasteiger partial charge in [0.2, 0.25) is 0 Å². The summed E-state index contributed by atoms with van der Waals surface area (Å²) in [5, 5.41) is 8.51. The highest BCUT2D eigenvalue weighted by Crippen LogP contribution is 2.32. The second kappa shape index (κ2) is 2.28. The van der Waals surface area contributed by atoms with Gasteiger partial charge in [0.15, 0.2) is 6.19 Å². The highest BCUT2D eigenvalue weighted by Gasteiger charge is 2.34. The van der Waals surface area contributed by atoms with Crippen molar-refractivity contribution in [2.24, 2.45) is 0 Å². The van der Waals surface area contributed by atoms with Gasteiger partial charge >= 0.3 is 0 Å². The Morgan fingerprint density at radius 3 is 2.64 bits per heavy atom. The van der Waals surface area contributed by atoms with E-state index >= 15 is 0 Å². The number of hydrogen-bond donors (Lipinski definition) is 0. The van der Waals surface area contributed by atoms with Gasteiger partial charge in [-0.25, -0.2) is 0 Å². The van der Waals surface area contributed by atoms with Gasteiger partial charge in [-0.1, -0.05) is 30.3 Å². The zero-order chi connectivity index (χ0) is 7.68. The summed E-state index contributed by atoms with van der Waals surface area (Å²) < 4.78 is 0. The van der Waals surface area contributed by atoms with Gasteiger partial charge in [-0.05, 0) is 5.56 Å². The third kappa shape index (κ3) is 1.05. The van der Waals surface area contributed by atoms with Crippen LogP contribution >= 0.6 is 0 Å². The fraction of sp³-hybridized carbons (Fsp3) is 0.222. The molecule has 0 N–H and O–H groups in total. The average Bonchev–Trinajstić information content (AvgIpc) is 2.85. The van der Waals surface area contributed by atoms with Crippen molar-refractivity contribution in [1.29, 1.82) is 5.26 Å². The van der Waals surface area contributed by atoms with E-state index in [2.05, 4.69) is 18.3 Å². The van der Waals surface area contributed by atoms with Crippen LogP contribution in [-0.4, -0.2) is 11.4 Å². The van der Waals surface area contributed by atoms with Crippen LogP contribution in [0.5, 0.6) is 0 Å². The SMILES string of the molecule is N#CN1CC1c1ccccc1. The van der Waals surface area contributed by atoms with Crippen LogP contribution in [0.1, 0.15) is 11.6 Å². The molecular weight excluding hydrogens is 136 g/mol. The third-order valence-electron chi connectivity index (χ3n) is 1.93. The molecule has 1 aliphatic heterocycles. The van der Waals surface area contributed by atoms with Crippen LogP contribution in [0.2, 0.25) is 0 Å². The van der Waals surface area contributed by atoms with Crippen molar-refractivity contribution in [3.8, 4) is 6.19 Å². The Labute approximate surface area is 65.7 Å². The number of benzene rings is 1. The van der Waals surface area contributed by atoms with Gasteiger partial charge in [-0.2, -0.15) is 5.26 Å². The van der Waals surface area contributed by atoms with E-state index in [0.29, 0.717) is 6.04 Å². The molecule has 0 bridgehead atoms. The van der Waals surface area contributed by atoms with Crippen LogP contribution in [0.25, 0.3) is 0 Å². The number of nitrogens with zero attached hydrogens (tertiary/aromatic N) is 2. The molecule has 54 valence electrons. The molecule has 1 atom stereocenters. The Balaban J connectivity index is 2.16. The van der Waals surface area contributed by atoms with Gasteiger partial charge in [0.1, 0.15) is 0 Å². The van der Waals surface area contributed by atoms with Gasteiger partial charge in [0, 0.05) is 0 Å². The lowest BCUT2D eigenvalue weighted by atomic mass is 10.2. The molecule has 0 radical (unpaired) electrons. The molecule has 1 aliphatic rings. The molecule has 0 saturated carbocycles. The van der Waals surface area contributed by atoms with E-state index in [1.165, 1.54) is 5.56 Å². The van der Waals surface area contributed by atoms with E-state index in [1.807, 2.05) is 18.2 Å². The van der Waals surface area contributed by atoms with Crippen molar-refractivity contribution in [3.05, 3.63) is 35.9 Å². The highest BCUT2D eigenvalue weighted by atomic mass is 15.3. The van der Waals surface area contributed by atoms with Crippen molar-refractivity contribution < 1.29 is 0 Å².